The molecule has 1 aliphatic heterocycles. The molecule has 1 aromatic heterocycles. The number of rotatable bonds is 4. The summed E-state index contributed by atoms with van der Waals surface area (Å²) in [5.41, 5.74) is 2.57. The number of hydrogen-bond acceptors (Lipinski definition) is 6. The summed E-state index contributed by atoms with van der Waals surface area (Å²) in [6.45, 7) is 2.11. The van der Waals surface area contributed by atoms with E-state index in [1.165, 1.54) is 24.1 Å². The van der Waals surface area contributed by atoms with Crippen LogP contribution < -0.4 is 9.80 Å². The maximum Gasteiger partial charge on any atom is 0.227 e. The summed E-state index contributed by atoms with van der Waals surface area (Å²) in [6.07, 6.45) is 6.77. The second kappa shape index (κ2) is 7.87. The Kier molecular flexibility index (Phi) is 5.79. The molecule has 6 heteroatoms. The molecule has 1 aromatic rings. The Hall–Kier alpha value is -1.40. The van der Waals surface area contributed by atoms with Crippen molar-refractivity contribution in [3.63, 3.8) is 0 Å². The average molecular weight is 348 g/mol. The van der Waals surface area contributed by atoms with Crippen LogP contribution in [-0.2, 0) is 12.8 Å². The molecule has 1 fully saturated rings. The van der Waals surface area contributed by atoms with Gasteiger partial charge in [-0.3, -0.25) is 0 Å². The summed E-state index contributed by atoms with van der Waals surface area (Å²) in [5.74, 6) is 2.24. The smallest absolute Gasteiger partial charge is 0.227 e. The van der Waals surface area contributed by atoms with Crippen molar-refractivity contribution >= 4 is 11.8 Å². The number of aliphatic hydroxyl groups is 1. The molecule has 0 unspecified atom stereocenters. The summed E-state index contributed by atoms with van der Waals surface area (Å²) in [5, 5.41) is 9.81. The van der Waals surface area contributed by atoms with Crippen LogP contribution in [0.2, 0.25) is 0 Å². The predicted octanol–water partition coefficient (Wildman–Crippen LogP) is 1.56. The second-order valence-electron chi connectivity index (χ2n) is 8.02. The molecule has 3 rings (SSSR count). The summed E-state index contributed by atoms with van der Waals surface area (Å²) >= 11 is 0. The Bertz CT molecular complexity index is 589. The number of aromatic nitrogens is 2. The molecule has 1 N–H and O–H groups in total. The van der Waals surface area contributed by atoms with Gasteiger partial charge in [-0.05, 0) is 58.5 Å². The lowest BCUT2D eigenvalue weighted by Crippen LogP contribution is -2.41. The largest absolute Gasteiger partial charge is 0.396 e. The van der Waals surface area contributed by atoms with Gasteiger partial charge in [-0.1, -0.05) is 0 Å². The van der Waals surface area contributed by atoms with Crippen LogP contribution in [0.25, 0.3) is 0 Å². The number of hydrogen-bond donors (Lipinski definition) is 1. The summed E-state index contributed by atoms with van der Waals surface area (Å²) in [7, 11) is 8.33. The Morgan fingerprint density at radius 2 is 1.80 bits per heavy atom. The highest BCUT2D eigenvalue weighted by molar-refractivity contribution is 5.54. The van der Waals surface area contributed by atoms with Crippen LogP contribution in [0.1, 0.15) is 36.9 Å². The van der Waals surface area contributed by atoms with Crippen LogP contribution in [0.4, 0.5) is 11.8 Å². The number of anilines is 2. The third-order valence-corrected chi connectivity index (χ3v) is 5.66. The van der Waals surface area contributed by atoms with E-state index in [9.17, 15) is 5.11 Å². The fourth-order valence-corrected chi connectivity index (χ4v) is 4.02. The van der Waals surface area contributed by atoms with E-state index in [0.29, 0.717) is 12.0 Å². The normalized spacial score (nSPS) is 24.2. The van der Waals surface area contributed by atoms with Gasteiger partial charge in [0, 0.05) is 45.4 Å². The quantitative estimate of drug-likeness (QED) is 0.892. The van der Waals surface area contributed by atoms with E-state index in [-0.39, 0.29) is 6.61 Å². The molecule has 0 spiro atoms. The monoisotopic (exact) mass is 347 g/mol. The van der Waals surface area contributed by atoms with Gasteiger partial charge in [0.1, 0.15) is 5.82 Å². The van der Waals surface area contributed by atoms with E-state index in [0.717, 1.165) is 50.5 Å². The minimum atomic E-state index is 0.254. The minimum Gasteiger partial charge on any atom is -0.396 e. The van der Waals surface area contributed by atoms with Crippen LogP contribution in [0.3, 0.4) is 0 Å². The molecule has 6 nitrogen and oxygen atoms in total. The summed E-state index contributed by atoms with van der Waals surface area (Å²) in [6, 6.07) is 0.494. The van der Waals surface area contributed by atoms with Crippen LogP contribution in [-0.4, -0.2) is 73.9 Å². The zero-order chi connectivity index (χ0) is 18.0. The van der Waals surface area contributed by atoms with Gasteiger partial charge in [-0.25, -0.2) is 4.98 Å². The van der Waals surface area contributed by atoms with E-state index in [4.69, 9.17) is 9.97 Å². The number of nitrogens with zero attached hydrogens (tertiary/aromatic N) is 5. The fraction of sp³-hybridized carbons (Fsp3) is 0.789. The second-order valence-corrected chi connectivity index (χ2v) is 8.02. The number of aliphatic hydroxyl groups excluding tert-OH is 1. The Morgan fingerprint density at radius 3 is 2.48 bits per heavy atom. The van der Waals surface area contributed by atoms with Gasteiger partial charge in [-0.15, -0.1) is 0 Å². The van der Waals surface area contributed by atoms with Gasteiger partial charge < -0.3 is 19.8 Å². The van der Waals surface area contributed by atoms with E-state index < -0.39 is 0 Å². The van der Waals surface area contributed by atoms with Crippen molar-refractivity contribution in [1.82, 2.24) is 14.9 Å². The summed E-state index contributed by atoms with van der Waals surface area (Å²) in [4.78, 5) is 16.5. The van der Waals surface area contributed by atoms with Gasteiger partial charge in [-0.2, -0.15) is 4.98 Å². The van der Waals surface area contributed by atoms with Crippen LogP contribution in [0.5, 0.6) is 0 Å². The first kappa shape index (κ1) is 18.4. The summed E-state index contributed by atoms with van der Waals surface area (Å²) < 4.78 is 0. The highest BCUT2D eigenvalue weighted by Crippen LogP contribution is 2.32. The first-order valence-corrected chi connectivity index (χ1v) is 9.59. The van der Waals surface area contributed by atoms with Gasteiger partial charge in [0.2, 0.25) is 5.95 Å². The Morgan fingerprint density at radius 1 is 1.04 bits per heavy atom. The molecular weight excluding hydrogens is 314 g/mol. The minimum absolute atomic E-state index is 0.254. The van der Waals surface area contributed by atoms with Gasteiger partial charge in [0.15, 0.2) is 0 Å². The van der Waals surface area contributed by atoms with E-state index >= 15 is 0 Å². The Balaban J connectivity index is 2.00. The Labute approximate surface area is 151 Å². The first-order chi connectivity index (χ1) is 12.0. The average Bonchev–Trinajstić information content (AvgIpc) is 2.83. The van der Waals surface area contributed by atoms with Gasteiger partial charge >= 0.3 is 0 Å². The number of fused-ring (bicyclic) bond motifs is 1. The lowest BCUT2D eigenvalue weighted by atomic mass is 9.96. The molecule has 0 amide bonds. The SMILES string of the molecule is CN(C)c1nc2c(c(N3C[C@@H](CO)CC[C@@H](N(C)C)C3)n1)CCCC2. The molecule has 1 saturated heterocycles. The third-order valence-electron chi connectivity index (χ3n) is 5.66. The highest BCUT2D eigenvalue weighted by Gasteiger charge is 2.29. The van der Waals surface area contributed by atoms with Crippen molar-refractivity contribution in [3.8, 4) is 0 Å². The molecule has 0 saturated carbocycles. The molecule has 140 valence electrons. The maximum atomic E-state index is 9.81. The van der Waals surface area contributed by atoms with Crippen LogP contribution >= 0.6 is 0 Å². The molecule has 2 aliphatic rings. The number of aryl methyl sites for hydroxylation is 1. The lowest BCUT2D eigenvalue weighted by molar-refractivity contribution is 0.216. The van der Waals surface area contributed by atoms with Gasteiger partial charge in [0.25, 0.3) is 0 Å². The first-order valence-electron chi connectivity index (χ1n) is 9.59. The topological polar surface area (TPSA) is 55.7 Å². The van der Waals surface area contributed by atoms with Crippen molar-refractivity contribution in [1.29, 1.82) is 0 Å². The van der Waals surface area contributed by atoms with Crippen molar-refractivity contribution in [2.24, 2.45) is 5.92 Å². The zero-order valence-corrected chi connectivity index (χ0v) is 16.2. The molecule has 2 atom stereocenters. The highest BCUT2D eigenvalue weighted by atomic mass is 16.3. The molecule has 1 aliphatic carbocycles. The van der Waals surface area contributed by atoms with Crippen LogP contribution in [0, 0.1) is 5.92 Å². The van der Waals surface area contributed by atoms with Gasteiger partial charge in [0.05, 0.1) is 5.69 Å². The standard InChI is InChI=1S/C19H33N5O/c1-22(2)15-10-9-14(13-25)11-24(12-15)18-16-7-5-6-8-17(16)20-19(21-18)23(3)4/h14-15,25H,5-13H2,1-4H3/t14-,15+/m0/s1. The van der Waals surface area contributed by atoms with Crippen LogP contribution in [0.15, 0.2) is 0 Å². The van der Waals surface area contributed by atoms with Crippen molar-refractivity contribution in [3.05, 3.63) is 11.3 Å². The molecule has 0 radical (unpaired) electrons. The molecule has 0 aromatic carbocycles. The third kappa shape index (κ3) is 4.06. The lowest BCUT2D eigenvalue weighted by Gasteiger charge is -2.33. The van der Waals surface area contributed by atoms with E-state index in [2.05, 4.69) is 23.9 Å². The molecule has 25 heavy (non-hydrogen) atoms. The fourth-order valence-electron chi connectivity index (χ4n) is 4.02. The molecule has 0 bridgehead atoms. The van der Waals surface area contributed by atoms with Crippen molar-refractivity contribution < 1.29 is 5.11 Å². The van der Waals surface area contributed by atoms with E-state index in [1.54, 1.807) is 0 Å². The van der Waals surface area contributed by atoms with E-state index in [1.807, 2.05) is 19.0 Å². The predicted molar refractivity (Wildman–Crippen MR) is 102 cm³/mol. The maximum absolute atomic E-state index is 9.81. The number of likely N-dealkylation sites (N-methyl/N-ethyl adjacent to an activating group) is 1. The zero-order valence-electron chi connectivity index (χ0n) is 16.2. The van der Waals surface area contributed by atoms with Crippen molar-refractivity contribution in [2.45, 2.75) is 44.6 Å². The van der Waals surface area contributed by atoms with Crippen molar-refractivity contribution in [2.75, 3.05) is 57.7 Å². The molecular formula is C19H33N5O. The molecule has 2 heterocycles.